The highest BCUT2D eigenvalue weighted by Crippen LogP contribution is 2.58. The molecule has 0 unspecified atom stereocenters. The monoisotopic (exact) mass is 400 g/mol. The predicted molar refractivity (Wildman–Crippen MR) is 108 cm³/mol. The Balaban J connectivity index is 2.17. The van der Waals surface area contributed by atoms with Gasteiger partial charge in [-0.2, -0.15) is 0 Å². The fraction of sp³-hybridized carbons (Fsp3) is 0.478. The van der Waals surface area contributed by atoms with E-state index in [0.29, 0.717) is 23.5 Å². The van der Waals surface area contributed by atoms with E-state index in [1.165, 1.54) is 6.92 Å². The maximum atomic E-state index is 13.4. The summed E-state index contributed by atoms with van der Waals surface area (Å²) in [5, 5.41) is 0. The van der Waals surface area contributed by atoms with Gasteiger partial charge in [0.25, 0.3) is 0 Å². The lowest BCUT2D eigenvalue weighted by Gasteiger charge is -2.38. The summed E-state index contributed by atoms with van der Waals surface area (Å²) in [7, 11) is 4.75. The van der Waals surface area contributed by atoms with Gasteiger partial charge in [-0.3, -0.25) is 9.59 Å². The van der Waals surface area contributed by atoms with E-state index in [-0.39, 0.29) is 17.6 Å². The Hall–Kier alpha value is -2.60. The lowest BCUT2D eigenvalue weighted by molar-refractivity contribution is -0.166. The van der Waals surface area contributed by atoms with Gasteiger partial charge >= 0.3 is 5.97 Å². The second kappa shape index (κ2) is 8.03. The molecule has 0 saturated heterocycles. The van der Waals surface area contributed by atoms with Gasteiger partial charge in [-0.1, -0.05) is 19.1 Å². The van der Waals surface area contributed by atoms with Crippen molar-refractivity contribution in [1.29, 1.82) is 0 Å². The minimum absolute atomic E-state index is 0.0343. The predicted octanol–water partition coefficient (Wildman–Crippen LogP) is 3.46. The second-order valence-corrected chi connectivity index (χ2v) is 7.57. The lowest BCUT2D eigenvalue weighted by Crippen LogP contribution is -2.50. The Morgan fingerprint density at radius 1 is 1.17 bits per heavy atom. The van der Waals surface area contributed by atoms with E-state index in [1.54, 1.807) is 27.4 Å². The van der Waals surface area contributed by atoms with Crippen LogP contribution >= 0.6 is 0 Å². The summed E-state index contributed by atoms with van der Waals surface area (Å²) in [6.07, 6.45) is 3.29. The normalized spacial score (nSPS) is 30.5. The number of hydrogen-bond donors (Lipinski definition) is 0. The van der Waals surface area contributed by atoms with Gasteiger partial charge in [0.1, 0.15) is 11.7 Å². The molecular formula is C23H28O6. The summed E-state index contributed by atoms with van der Waals surface area (Å²) in [4.78, 5) is 25.3. The zero-order valence-electron chi connectivity index (χ0n) is 17.6. The molecule has 1 fully saturated rings. The van der Waals surface area contributed by atoms with Crippen LogP contribution in [0.15, 0.2) is 42.5 Å². The van der Waals surface area contributed by atoms with Crippen molar-refractivity contribution in [2.24, 2.45) is 11.8 Å². The number of Topliss-reactive ketones (excluding diaryl/α,β-unsaturated/α-hetero) is 1. The number of ether oxygens (including phenoxy) is 4. The quantitative estimate of drug-likeness (QED) is 0.516. The first-order valence-electron chi connectivity index (χ1n) is 9.65. The Morgan fingerprint density at radius 3 is 2.41 bits per heavy atom. The highest BCUT2D eigenvalue weighted by Gasteiger charge is 2.65. The molecule has 29 heavy (non-hydrogen) atoms. The summed E-state index contributed by atoms with van der Waals surface area (Å²) in [6.45, 7) is 7.15. The van der Waals surface area contributed by atoms with Gasteiger partial charge < -0.3 is 18.9 Å². The molecule has 3 rings (SSSR count). The van der Waals surface area contributed by atoms with Gasteiger partial charge in [0.2, 0.25) is 0 Å². The van der Waals surface area contributed by atoms with Crippen molar-refractivity contribution in [1.82, 2.24) is 0 Å². The molecular weight excluding hydrogens is 372 g/mol. The highest BCUT2D eigenvalue weighted by atomic mass is 16.6. The Kier molecular flexibility index (Phi) is 5.85. The summed E-state index contributed by atoms with van der Waals surface area (Å²) in [5.41, 5.74) is 0.670. The summed E-state index contributed by atoms with van der Waals surface area (Å²) in [6, 6.07) is 5.64. The maximum Gasteiger partial charge on any atom is 0.303 e. The maximum absolute atomic E-state index is 13.4. The van der Waals surface area contributed by atoms with E-state index < -0.39 is 23.6 Å². The topological polar surface area (TPSA) is 71.1 Å². The largest absolute Gasteiger partial charge is 0.493 e. The van der Waals surface area contributed by atoms with Crippen LogP contribution in [0.4, 0.5) is 0 Å². The first kappa shape index (κ1) is 21.1. The van der Waals surface area contributed by atoms with Gasteiger partial charge in [-0.15, -0.1) is 6.58 Å². The molecule has 2 aliphatic carbocycles. The van der Waals surface area contributed by atoms with Crippen molar-refractivity contribution in [3.63, 3.8) is 0 Å². The molecule has 6 heteroatoms. The van der Waals surface area contributed by atoms with E-state index in [0.717, 1.165) is 5.56 Å². The Labute approximate surface area is 171 Å². The molecule has 0 heterocycles. The third-order valence-corrected chi connectivity index (χ3v) is 6.23. The van der Waals surface area contributed by atoms with Crippen LogP contribution in [0.1, 0.15) is 31.7 Å². The third-order valence-electron chi connectivity index (χ3n) is 6.23. The summed E-state index contributed by atoms with van der Waals surface area (Å²) in [5.74, 6) is -0.160. The van der Waals surface area contributed by atoms with E-state index in [1.807, 2.05) is 31.2 Å². The number of hydrogen-bond acceptors (Lipinski definition) is 6. The molecule has 0 aromatic heterocycles. The molecule has 0 aliphatic heterocycles. The van der Waals surface area contributed by atoms with Crippen LogP contribution in [-0.4, -0.2) is 44.8 Å². The lowest BCUT2D eigenvalue weighted by atomic mass is 9.78. The molecule has 1 aromatic rings. The number of carbonyl (C=O) groups excluding carboxylic acids is 2. The first-order valence-corrected chi connectivity index (χ1v) is 9.65. The molecule has 6 nitrogen and oxygen atoms in total. The van der Waals surface area contributed by atoms with Gasteiger partial charge in [0.05, 0.1) is 20.1 Å². The number of allylic oxidation sites excluding steroid dienone is 2. The highest BCUT2D eigenvalue weighted by molar-refractivity contribution is 6.01. The molecule has 1 aromatic carbocycles. The van der Waals surface area contributed by atoms with E-state index >= 15 is 0 Å². The fourth-order valence-electron chi connectivity index (χ4n) is 4.97. The van der Waals surface area contributed by atoms with Crippen molar-refractivity contribution in [2.75, 3.05) is 21.3 Å². The first-order chi connectivity index (χ1) is 13.8. The molecule has 5 atom stereocenters. The van der Waals surface area contributed by atoms with Crippen molar-refractivity contribution in [2.45, 2.75) is 37.9 Å². The van der Waals surface area contributed by atoms with E-state index in [4.69, 9.17) is 18.9 Å². The molecule has 156 valence electrons. The minimum Gasteiger partial charge on any atom is -0.493 e. The fourth-order valence-corrected chi connectivity index (χ4v) is 4.97. The molecule has 1 saturated carbocycles. The SMILES string of the molecule is C=CCC1=C[C@]2(OC)[C@H](C)[C@@H](c3ccc(OC)c(OC)c3)[C@H](C1=O)[C@H]2OC(C)=O. The van der Waals surface area contributed by atoms with Crippen LogP contribution in [-0.2, 0) is 19.1 Å². The van der Waals surface area contributed by atoms with Gasteiger partial charge in [0, 0.05) is 25.9 Å². The number of ketones is 1. The standard InChI is InChI=1S/C23H28O6/c1-7-8-16-12-23(28-6)13(2)19(20(21(16)25)22(23)29-14(3)24)15-9-10-17(26-4)18(11-15)27-5/h7,9-13,19-20,22H,1,8H2,2-6H3/t13-,19+,20-,22-,23+/m1/s1. The van der Waals surface area contributed by atoms with Crippen molar-refractivity contribution in [3.8, 4) is 11.5 Å². The molecule has 0 spiro atoms. The number of rotatable bonds is 7. The van der Waals surface area contributed by atoms with E-state index in [9.17, 15) is 9.59 Å². The van der Waals surface area contributed by atoms with Gasteiger partial charge in [-0.25, -0.2) is 0 Å². The molecule has 2 bridgehead atoms. The molecule has 0 amide bonds. The van der Waals surface area contributed by atoms with Crippen molar-refractivity contribution >= 4 is 11.8 Å². The average molecular weight is 400 g/mol. The molecule has 0 N–H and O–H groups in total. The number of benzene rings is 1. The van der Waals surface area contributed by atoms with Crippen molar-refractivity contribution in [3.05, 3.63) is 48.1 Å². The summed E-state index contributed by atoms with van der Waals surface area (Å²) < 4.78 is 22.5. The number of fused-ring (bicyclic) bond motifs is 2. The third kappa shape index (κ3) is 3.25. The van der Waals surface area contributed by atoms with Crippen LogP contribution in [0, 0.1) is 11.8 Å². The average Bonchev–Trinajstić information content (AvgIpc) is 2.88. The van der Waals surface area contributed by atoms with Gasteiger partial charge in [-0.05, 0) is 35.8 Å². The van der Waals surface area contributed by atoms with Crippen LogP contribution in [0.5, 0.6) is 11.5 Å². The molecule has 2 aliphatic rings. The molecule has 0 radical (unpaired) electrons. The van der Waals surface area contributed by atoms with Crippen LogP contribution in [0.25, 0.3) is 0 Å². The number of esters is 1. The van der Waals surface area contributed by atoms with Gasteiger partial charge in [0.15, 0.2) is 17.3 Å². The minimum atomic E-state index is -0.888. The Morgan fingerprint density at radius 2 is 1.86 bits per heavy atom. The number of carbonyl (C=O) groups is 2. The Bertz CT molecular complexity index is 857. The smallest absolute Gasteiger partial charge is 0.303 e. The zero-order valence-corrected chi connectivity index (χ0v) is 17.6. The summed E-state index contributed by atoms with van der Waals surface area (Å²) >= 11 is 0. The van der Waals surface area contributed by atoms with Crippen LogP contribution < -0.4 is 9.47 Å². The van der Waals surface area contributed by atoms with E-state index in [2.05, 4.69) is 6.58 Å². The van der Waals surface area contributed by atoms with Crippen molar-refractivity contribution < 1.29 is 28.5 Å². The van der Waals surface area contributed by atoms with Crippen LogP contribution in [0.2, 0.25) is 0 Å². The van der Waals surface area contributed by atoms with Crippen LogP contribution in [0.3, 0.4) is 0 Å². The zero-order chi connectivity index (χ0) is 21.3. The second-order valence-electron chi connectivity index (χ2n) is 7.57. The number of methoxy groups -OCH3 is 3.